The molecule has 3 rings (SSSR count). The molecule has 0 spiro atoms. The van der Waals surface area contributed by atoms with Crippen molar-refractivity contribution < 1.29 is 13.2 Å². The van der Waals surface area contributed by atoms with Gasteiger partial charge in [-0.25, -0.2) is 0 Å². The Morgan fingerprint density at radius 3 is 2.48 bits per heavy atom. The van der Waals surface area contributed by atoms with Crippen molar-refractivity contribution in [3.63, 3.8) is 0 Å². The van der Waals surface area contributed by atoms with Gasteiger partial charge in [0.25, 0.3) is 0 Å². The van der Waals surface area contributed by atoms with Gasteiger partial charge in [-0.3, -0.25) is 4.90 Å². The lowest BCUT2D eigenvalue weighted by atomic mass is 9.82. The third-order valence-electron chi connectivity index (χ3n) is 4.70. The number of hydrogen-bond acceptors (Lipinski definition) is 2. The van der Waals surface area contributed by atoms with Crippen molar-refractivity contribution in [1.29, 1.82) is 0 Å². The molecule has 2 N–H and O–H groups in total. The number of likely N-dealkylation sites (tertiary alicyclic amines) is 1. The van der Waals surface area contributed by atoms with E-state index in [1.54, 1.807) is 12.1 Å². The first kappa shape index (κ1) is 14.9. The highest BCUT2D eigenvalue weighted by atomic mass is 19.4. The van der Waals surface area contributed by atoms with Crippen LogP contribution in [-0.2, 0) is 6.18 Å². The molecule has 0 radical (unpaired) electrons. The summed E-state index contributed by atoms with van der Waals surface area (Å²) in [5.74, 6) is 0.114. The average molecular weight is 298 g/mol. The van der Waals surface area contributed by atoms with Crippen molar-refractivity contribution in [3.05, 3.63) is 35.4 Å². The van der Waals surface area contributed by atoms with Crippen molar-refractivity contribution >= 4 is 0 Å². The van der Waals surface area contributed by atoms with Crippen LogP contribution >= 0.6 is 0 Å². The lowest BCUT2D eigenvalue weighted by Gasteiger charge is -2.42. The minimum Gasteiger partial charge on any atom is -0.330 e. The second-order valence-electron chi connectivity index (χ2n) is 6.14. The molecule has 21 heavy (non-hydrogen) atoms. The lowest BCUT2D eigenvalue weighted by Crippen LogP contribution is -2.43. The summed E-state index contributed by atoms with van der Waals surface area (Å²) >= 11 is 0. The van der Waals surface area contributed by atoms with Gasteiger partial charge in [-0.1, -0.05) is 18.2 Å². The maximum Gasteiger partial charge on any atom is 0.416 e. The number of benzene rings is 1. The maximum atomic E-state index is 13.3. The monoisotopic (exact) mass is 298 g/mol. The summed E-state index contributed by atoms with van der Waals surface area (Å²) in [5, 5.41) is 0. The summed E-state index contributed by atoms with van der Waals surface area (Å²) in [6.45, 7) is 1.33. The molecule has 116 valence electrons. The van der Waals surface area contributed by atoms with Gasteiger partial charge in [0.05, 0.1) is 5.56 Å². The number of piperidine rings is 1. The van der Waals surface area contributed by atoms with Crippen LogP contribution in [0.3, 0.4) is 0 Å². The third-order valence-corrected chi connectivity index (χ3v) is 4.70. The Bertz CT molecular complexity index is 497. The molecule has 1 aliphatic carbocycles. The summed E-state index contributed by atoms with van der Waals surface area (Å²) in [4.78, 5) is 2.27. The van der Waals surface area contributed by atoms with Crippen LogP contribution in [0, 0.1) is 5.92 Å². The van der Waals surface area contributed by atoms with Gasteiger partial charge in [0.1, 0.15) is 0 Å². The van der Waals surface area contributed by atoms with Crippen LogP contribution in [0.15, 0.2) is 24.3 Å². The summed E-state index contributed by atoms with van der Waals surface area (Å²) in [5.41, 5.74) is 5.78. The molecule has 1 aromatic rings. The Morgan fingerprint density at radius 2 is 1.86 bits per heavy atom. The largest absolute Gasteiger partial charge is 0.416 e. The fraction of sp³-hybridized carbons (Fsp3) is 0.625. The highest BCUT2D eigenvalue weighted by Gasteiger charge is 2.43. The van der Waals surface area contributed by atoms with Gasteiger partial charge in [0.2, 0.25) is 0 Å². The number of nitrogens with two attached hydrogens (primary N) is 1. The van der Waals surface area contributed by atoms with Crippen LogP contribution in [0.5, 0.6) is 0 Å². The van der Waals surface area contributed by atoms with Gasteiger partial charge in [0, 0.05) is 12.1 Å². The standard InChI is InChI=1S/C16H21F3N2/c17-16(18,19)14-6-2-1-5-13(14)15-11(10-20)4-3-9-21(15)12-7-8-12/h1-2,5-6,11-12,15H,3-4,7-10,20H2. The molecule has 0 amide bonds. The van der Waals surface area contributed by atoms with Crippen LogP contribution in [0.1, 0.15) is 42.9 Å². The van der Waals surface area contributed by atoms with Crippen LogP contribution < -0.4 is 5.73 Å². The van der Waals surface area contributed by atoms with Gasteiger partial charge in [-0.2, -0.15) is 13.2 Å². The fourth-order valence-electron chi connectivity index (χ4n) is 3.61. The molecule has 1 aromatic carbocycles. The summed E-state index contributed by atoms with van der Waals surface area (Å²) in [6.07, 6.45) is -0.161. The quantitative estimate of drug-likeness (QED) is 0.924. The van der Waals surface area contributed by atoms with Crippen molar-refractivity contribution in [2.75, 3.05) is 13.1 Å². The Morgan fingerprint density at radius 1 is 1.14 bits per heavy atom. The van der Waals surface area contributed by atoms with Crippen molar-refractivity contribution in [3.8, 4) is 0 Å². The predicted octanol–water partition coefficient (Wildman–Crippen LogP) is 3.58. The van der Waals surface area contributed by atoms with Crippen LogP contribution in [-0.4, -0.2) is 24.0 Å². The lowest BCUT2D eigenvalue weighted by molar-refractivity contribution is -0.139. The molecular weight excluding hydrogens is 277 g/mol. The molecular formula is C16H21F3N2. The third kappa shape index (κ3) is 2.94. The second-order valence-corrected chi connectivity index (χ2v) is 6.14. The molecule has 2 atom stereocenters. The van der Waals surface area contributed by atoms with E-state index in [1.165, 1.54) is 12.1 Å². The summed E-state index contributed by atoms with van der Waals surface area (Å²) in [6, 6.07) is 6.27. The van der Waals surface area contributed by atoms with E-state index in [2.05, 4.69) is 4.90 Å². The Balaban J connectivity index is 2.02. The smallest absolute Gasteiger partial charge is 0.330 e. The molecule has 0 bridgehead atoms. The number of hydrogen-bond donors (Lipinski definition) is 1. The van der Waals surface area contributed by atoms with Gasteiger partial charge in [0.15, 0.2) is 0 Å². The topological polar surface area (TPSA) is 29.3 Å². The van der Waals surface area contributed by atoms with Gasteiger partial charge < -0.3 is 5.73 Å². The molecule has 2 fully saturated rings. The summed E-state index contributed by atoms with van der Waals surface area (Å²) < 4.78 is 40.0. The predicted molar refractivity (Wildman–Crippen MR) is 75.7 cm³/mol. The van der Waals surface area contributed by atoms with Crippen molar-refractivity contribution in [2.24, 2.45) is 11.7 Å². The zero-order valence-electron chi connectivity index (χ0n) is 11.9. The van der Waals surface area contributed by atoms with E-state index in [0.717, 1.165) is 32.2 Å². The van der Waals surface area contributed by atoms with Crippen molar-refractivity contribution in [2.45, 2.75) is 43.9 Å². The first-order valence-corrected chi connectivity index (χ1v) is 7.64. The molecule has 5 heteroatoms. The van der Waals surface area contributed by atoms with Crippen LogP contribution in [0.25, 0.3) is 0 Å². The normalized spacial score (nSPS) is 27.8. The zero-order chi connectivity index (χ0) is 15.0. The van der Waals surface area contributed by atoms with E-state index < -0.39 is 11.7 Å². The number of nitrogens with zero attached hydrogens (tertiary/aromatic N) is 1. The van der Waals surface area contributed by atoms with Gasteiger partial charge in [-0.05, 0) is 56.3 Å². The van der Waals surface area contributed by atoms with Crippen LogP contribution in [0.2, 0.25) is 0 Å². The SMILES string of the molecule is NCC1CCCN(C2CC2)C1c1ccccc1C(F)(F)F. The second kappa shape index (κ2) is 5.61. The first-order chi connectivity index (χ1) is 10.0. The fourth-order valence-corrected chi connectivity index (χ4v) is 3.61. The number of rotatable bonds is 3. The van der Waals surface area contributed by atoms with E-state index >= 15 is 0 Å². The Hall–Kier alpha value is -1.07. The highest BCUT2D eigenvalue weighted by molar-refractivity contribution is 5.33. The molecule has 1 saturated carbocycles. The molecule has 1 heterocycles. The van der Waals surface area contributed by atoms with E-state index in [4.69, 9.17) is 5.73 Å². The molecule has 0 aromatic heterocycles. The van der Waals surface area contributed by atoms with Gasteiger partial charge >= 0.3 is 6.18 Å². The molecule has 2 aliphatic rings. The van der Waals surface area contributed by atoms with Crippen molar-refractivity contribution in [1.82, 2.24) is 4.90 Å². The molecule has 2 nitrogen and oxygen atoms in total. The van der Waals surface area contributed by atoms with E-state index in [-0.39, 0.29) is 12.0 Å². The number of halogens is 3. The Kier molecular flexibility index (Phi) is 3.97. The molecule has 1 aliphatic heterocycles. The Labute approximate surface area is 123 Å². The zero-order valence-corrected chi connectivity index (χ0v) is 11.9. The number of alkyl halides is 3. The van der Waals surface area contributed by atoms with Gasteiger partial charge in [-0.15, -0.1) is 0 Å². The summed E-state index contributed by atoms with van der Waals surface area (Å²) in [7, 11) is 0. The van der Waals surface area contributed by atoms with Crippen LogP contribution in [0.4, 0.5) is 13.2 Å². The maximum absolute atomic E-state index is 13.3. The minimum absolute atomic E-state index is 0.114. The molecule has 2 unspecified atom stereocenters. The molecule has 1 saturated heterocycles. The first-order valence-electron chi connectivity index (χ1n) is 7.64. The highest BCUT2D eigenvalue weighted by Crippen LogP contribution is 2.45. The minimum atomic E-state index is -4.30. The van der Waals surface area contributed by atoms with E-state index in [9.17, 15) is 13.2 Å². The van der Waals surface area contributed by atoms with E-state index in [0.29, 0.717) is 18.2 Å². The average Bonchev–Trinajstić information content (AvgIpc) is 3.30. The van der Waals surface area contributed by atoms with E-state index in [1.807, 2.05) is 0 Å².